The molecule has 2 aliphatic rings. The minimum absolute atomic E-state index is 0.00520. The topological polar surface area (TPSA) is 93.0 Å². The lowest BCUT2D eigenvalue weighted by atomic mass is 9.96. The van der Waals surface area contributed by atoms with Gasteiger partial charge in [-0.25, -0.2) is 0 Å². The molecule has 2 heterocycles. The maximum absolute atomic E-state index is 12.1. The Morgan fingerprint density at radius 2 is 2.26 bits per heavy atom. The fourth-order valence-electron chi connectivity index (χ4n) is 3.06. The number of nitrogens with two attached hydrogens (primary N) is 1. The van der Waals surface area contributed by atoms with Crippen molar-refractivity contribution in [2.75, 3.05) is 12.3 Å². The van der Waals surface area contributed by atoms with Crippen molar-refractivity contribution in [2.45, 2.75) is 43.7 Å². The zero-order chi connectivity index (χ0) is 13.5. The molecule has 1 spiro atoms. The number of H-pyrrole nitrogens is 1. The molecule has 3 rings (SSSR count). The molecule has 1 saturated heterocycles. The molecule has 1 aromatic heterocycles. The highest BCUT2D eigenvalue weighted by Crippen LogP contribution is 2.40. The highest BCUT2D eigenvalue weighted by Gasteiger charge is 2.43. The van der Waals surface area contributed by atoms with Crippen molar-refractivity contribution in [3.05, 3.63) is 10.7 Å². The first kappa shape index (κ1) is 12.7. The molecule has 2 fully saturated rings. The second kappa shape index (κ2) is 4.68. The van der Waals surface area contributed by atoms with Crippen LogP contribution < -0.4 is 11.1 Å². The number of amides is 1. The van der Waals surface area contributed by atoms with Gasteiger partial charge in [0.15, 0.2) is 5.82 Å². The van der Waals surface area contributed by atoms with Crippen LogP contribution in [-0.2, 0) is 4.74 Å². The van der Waals surface area contributed by atoms with Gasteiger partial charge in [0.05, 0.1) is 18.2 Å². The molecule has 0 bridgehead atoms. The zero-order valence-corrected chi connectivity index (χ0v) is 11.3. The smallest absolute Gasteiger partial charge is 0.271 e. The molecular formula is C12H17ClN4O2. The average molecular weight is 285 g/mol. The van der Waals surface area contributed by atoms with Crippen LogP contribution in [0.25, 0.3) is 0 Å². The number of hydrogen-bond acceptors (Lipinski definition) is 4. The first-order valence-electron chi connectivity index (χ1n) is 6.54. The zero-order valence-electron chi connectivity index (χ0n) is 10.5. The second-order valence-corrected chi connectivity index (χ2v) is 5.75. The first-order valence-corrected chi connectivity index (χ1v) is 6.92. The number of aromatic nitrogens is 2. The van der Waals surface area contributed by atoms with Crippen LogP contribution >= 0.6 is 11.6 Å². The lowest BCUT2D eigenvalue weighted by Crippen LogP contribution is -2.36. The first-order chi connectivity index (χ1) is 9.10. The maximum Gasteiger partial charge on any atom is 0.271 e. The van der Waals surface area contributed by atoms with Crippen LogP contribution in [0.3, 0.4) is 0 Å². The van der Waals surface area contributed by atoms with Gasteiger partial charge in [-0.05, 0) is 19.3 Å². The predicted octanol–water partition coefficient (Wildman–Crippen LogP) is 1.48. The minimum Gasteiger partial charge on any atom is -0.381 e. The number of carbonyl (C=O) groups excluding carboxylic acids is 1. The van der Waals surface area contributed by atoms with Crippen molar-refractivity contribution in [3.8, 4) is 0 Å². The predicted molar refractivity (Wildman–Crippen MR) is 71.0 cm³/mol. The number of nitrogen functional groups attached to an aromatic ring is 1. The van der Waals surface area contributed by atoms with Gasteiger partial charge < -0.3 is 15.8 Å². The molecule has 1 amide bonds. The van der Waals surface area contributed by atoms with Crippen molar-refractivity contribution in [1.82, 2.24) is 15.5 Å². The van der Waals surface area contributed by atoms with E-state index in [4.69, 9.17) is 22.1 Å². The van der Waals surface area contributed by atoms with Crippen molar-refractivity contribution in [1.29, 1.82) is 0 Å². The van der Waals surface area contributed by atoms with Crippen LogP contribution in [0.1, 0.15) is 42.6 Å². The van der Waals surface area contributed by atoms with Gasteiger partial charge in [0, 0.05) is 0 Å². The van der Waals surface area contributed by atoms with Crippen molar-refractivity contribution in [2.24, 2.45) is 0 Å². The Kier molecular flexibility index (Phi) is 3.14. The van der Waals surface area contributed by atoms with Gasteiger partial charge in [0.25, 0.3) is 5.91 Å². The maximum atomic E-state index is 12.1. The van der Waals surface area contributed by atoms with Crippen LogP contribution in [-0.4, -0.2) is 34.4 Å². The normalized spacial score (nSPS) is 25.0. The molecule has 1 saturated carbocycles. The summed E-state index contributed by atoms with van der Waals surface area (Å²) in [5.74, 6) is -0.139. The van der Waals surface area contributed by atoms with Crippen LogP contribution in [0.2, 0.25) is 5.02 Å². The molecule has 1 aliphatic heterocycles. The summed E-state index contributed by atoms with van der Waals surface area (Å²) in [7, 11) is 0. The van der Waals surface area contributed by atoms with Gasteiger partial charge in [-0.2, -0.15) is 5.10 Å². The molecular weight excluding hydrogens is 268 g/mol. The van der Waals surface area contributed by atoms with Crippen LogP contribution in [0.5, 0.6) is 0 Å². The molecule has 19 heavy (non-hydrogen) atoms. The Hall–Kier alpha value is -1.27. The Balaban J connectivity index is 1.63. The average Bonchev–Trinajstić information content (AvgIpc) is 3.06. The highest BCUT2D eigenvalue weighted by atomic mass is 35.5. The van der Waals surface area contributed by atoms with E-state index in [-0.39, 0.29) is 34.1 Å². The molecule has 104 valence electrons. The van der Waals surface area contributed by atoms with Gasteiger partial charge in [-0.3, -0.25) is 9.89 Å². The molecule has 1 aliphatic carbocycles. The van der Waals surface area contributed by atoms with E-state index in [1.165, 1.54) is 12.8 Å². The molecule has 4 N–H and O–H groups in total. The van der Waals surface area contributed by atoms with Gasteiger partial charge in [-0.15, -0.1) is 0 Å². The Labute approximate surface area is 116 Å². The quantitative estimate of drug-likeness (QED) is 0.767. The number of ether oxygens (including phenoxy) is 1. The number of rotatable bonds is 2. The lowest BCUT2D eigenvalue weighted by molar-refractivity contribution is 0.00987. The SMILES string of the molecule is Nc1n[nH]c(C(=O)N[C@H]2COC3(CCCC3)C2)c1Cl. The van der Waals surface area contributed by atoms with Crippen molar-refractivity contribution in [3.63, 3.8) is 0 Å². The summed E-state index contributed by atoms with van der Waals surface area (Å²) in [6.45, 7) is 0.562. The molecule has 7 heteroatoms. The van der Waals surface area contributed by atoms with Gasteiger partial charge in [0.2, 0.25) is 0 Å². The van der Waals surface area contributed by atoms with Crippen molar-refractivity contribution < 1.29 is 9.53 Å². The molecule has 0 unspecified atom stereocenters. The summed E-state index contributed by atoms with van der Waals surface area (Å²) in [5.41, 5.74) is 5.71. The van der Waals surface area contributed by atoms with Crippen LogP contribution in [0.4, 0.5) is 5.82 Å². The fourth-order valence-corrected chi connectivity index (χ4v) is 3.23. The summed E-state index contributed by atoms with van der Waals surface area (Å²) in [6.07, 6.45) is 5.49. The molecule has 0 aromatic carbocycles. The van der Waals surface area contributed by atoms with E-state index >= 15 is 0 Å². The fraction of sp³-hybridized carbons (Fsp3) is 0.667. The number of nitrogens with zero attached hydrogens (tertiary/aromatic N) is 1. The minimum atomic E-state index is -0.280. The third-order valence-electron chi connectivity index (χ3n) is 4.02. The number of nitrogens with one attached hydrogen (secondary N) is 2. The van der Waals surface area contributed by atoms with Crippen LogP contribution in [0.15, 0.2) is 0 Å². The van der Waals surface area contributed by atoms with E-state index in [2.05, 4.69) is 15.5 Å². The summed E-state index contributed by atoms with van der Waals surface area (Å²) >= 11 is 5.90. The summed E-state index contributed by atoms with van der Waals surface area (Å²) in [6, 6.07) is 0.0335. The van der Waals surface area contributed by atoms with E-state index in [0.717, 1.165) is 19.3 Å². The van der Waals surface area contributed by atoms with Crippen LogP contribution in [0, 0.1) is 0 Å². The molecule has 1 atom stereocenters. The highest BCUT2D eigenvalue weighted by molar-refractivity contribution is 6.35. The summed E-state index contributed by atoms with van der Waals surface area (Å²) in [5, 5.41) is 9.36. The van der Waals surface area contributed by atoms with E-state index in [1.807, 2.05) is 0 Å². The molecule has 1 aromatic rings. The summed E-state index contributed by atoms with van der Waals surface area (Å²) < 4.78 is 5.89. The summed E-state index contributed by atoms with van der Waals surface area (Å²) in [4.78, 5) is 12.1. The molecule has 6 nitrogen and oxygen atoms in total. The van der Waals surface area contributed by atoms with E-state index in [9.17, 15) is 4.79 Å². The molecule has 0 radical (unpaired) electrons. The van der Waals surface area contributed by atoms with E-state index < -0.39 is 0 Å². The van der Waals surface area contributed by atoms with Gasteiger partial charge in [0.1, 0.15) is 10.7 Å². The third-order valence-corrected chi connectivity index (χ3v) is 4.40. The Bertz CT molecular complexity index is 496. The largest absolute Gasteiger partial charge is 0.381 e. The number of anilines is 1. The lowest BCUT2D eigenvalue weighted by Gasteiger charge is -2.21. The van der Waals surface area contributed by atoms with Crippen molar-refractivity contribution >= 4 is 23.3 Å². The monoisotopic (exact) mass is 284 g/mol. The number of carbonyl (C=O) groups is 1. The Morgan fingerprint density at radius 1 is 1.53 bits per heavy atom. The van der Waals surface area contributed by atoms with Gasteiger partial charge >= 0.3 is 0 Å². The third kappa shape index (κ3) is 2.30. The standard InChI is InChI=1S/C12H17ClN4O2/c13-8-9(16-17-10(8)14)11(18)15-7-5-12(19-6-7)3-1-2-4-12/h7H,1-6H2,(H,15,18)(H3,14,16,17)/t7-/m1/s1. The number of hydrogen-bond donors (Lipinski definition) is 3. The van der Waals surface area contributed by atoms with Gasteiger partial charge in [-0.1, -0.05) is 24.4 Å². The number of aromatic amines is 1. The number of halogens is 1. The Morgan fingerprint density at radius 3 is 2.89 bits per heavy atom. The van der Waals surface area contributed by atoms with E-state index in [0.29, 0.717) is 6.61 Å². The van der Waals surface area contributed by atoms with E-state index in [1.54, 1.807) is 0 Å². The second-order valence-electron chi connectivity index (χ2n) is 5.37.